The zero-order valence-electron chi connectivity index (χ0n) is 10.9. The fourth-order valence-electron chi connectivity index (χ4n) is 1.80. The molecule has 0 saturated carbocycles. The maximum absolute atomic E-state index is 2.34. The molecule has 0 heterocycles. The van der Waals surface area contributed by atoms with Crippen LogP contribution in [-0.2, 0) is 16.3 Å². The third-order valence-corrected chi connectivity index (χ3v) is 5.23. The molecule has 1 aromatic rings. The van der Waals surface area contributed by atoms with E-state index in [1.807, 2.05) is 0 Å². The van der Waals surface area contributed by atoms with E-state index in [9.17, 15) is 0 Å². The van der Waals surface area contributed by atoms with Crippen LogP contribution < -0.4 is 37.2 Å². The van der Waals surface area contributed by atoms with Crippen molar-refractivity contribution in [2.24, 2.45) is 0 Å². The predicted molar refractivity (Wildman–Crippen MR) is 64.7 cm³/mol. The Labute approximate surface area is 141 Å². The molecule has 1 unspecified atom stereocenters. The van der Waals surface area contributed by atoms with Crippen molar-refractivity contribution in [2.45, 2.75) is 11.2 Å². The number of rotatable bonds is 4. The molecule has 104 valence electrons. The van der Waals surface area contributed by atoms with Gasteiger partial charge < -0.3 is 37.2 Å². The van der Waals surface area contributed by atoms with E-state index in [4.69, 9.17) is 0 Å². The zero-order valence-corrected chi connectivity index (χ0v) is 14.6. The van der Waals surface area contributed by atoms with E-state index in [0.29, 0.717) is 4.75 Å². The van der Waals surface area contributed by atoms with E-state index >= 15 is 0 Å². The molecule has 0 aromatic heterocycles. The summed E-state index contributed by atoms with van der Waals surface area (Å²) in [5, 5.41) is 0. The van der Waals surface area contributed by atoms with Gasteiger partial charge in [-0.15, -0.1) is 0 Å². The summed E-state index contributed by atoms with van der Waals surface area (Å²) in [7, 11) is 4.35. The van der Waals surface area contributed by atoms with Gasteiger partial charge in [0.1, 0.15) is 0 Å². The Kier molecular flexibility index (Phi) is 12.2. The summed E-state index contributed by atoms with van der Waals surface area (Å²) in [6.07, 6.45) is 7.89. The van der Waals surface area contributed by atoms with Crippen LogP contribution in [0.1, 0.15) is 16.7 Å². The minimum atomic E-state index is 0. The van der Waals surface area contributed by atoms with Gasteiger partial charge in [0.2, 0.25) is 0 Å². The first-order valence-corrected chi connectivity index (χ1v) is 7.06. The molecular weight excluding hydrogens is 339 g/mol. The molecule has 0 aliphatic heterocycles. The molecule has 19 heavy (non-hydrogen) atoms. The Bertz CT molecular complexity index is 404. The molecule has 1 atom stereocenters. The van der Waals surface area contributed by atoms with Crippen molar-refractivity contribution in [1.29, 1.82) is 0 Å². The molecule has 1 aliphatic carbocycles. The van der Waals surface area contributed by atoms with Crippen LogP contribution in [0.3, 0.4) is 0 Å². The summed E-state index contributed by atoms with van der Waals surface area (Å²) in [6.45, 7) is 0. The SMILES string of the molecule is CN(C)[CH]([V+3][C]1=CC=CC1)c1ccccc1.[Cl-].[Cl-].[Cl-]. The fraction of sp³-hybridized carbons (Fsp3) is 0.286. The fourth-order valence-corrected chi connectivity index (χ4v) is 3.75. The standard InChI is InChI=1S/C9H12N.C5H5.3ClH.V/c1-10(2)8-9-6-4-3-5-7-9;1-2-4-5-3-1;;;;/h3-8H,1-2H3;1-3H,4H2;3*1H;/q;;;;;+3/p-3. The van der Waals surface area contributed by atoms with Crippen LogP contribution in [0, 0.1) is 0 Å². The maximum atomic E-state index is 2.34. The summed E-state index contributed by atoms with van der Waals surface area (Å²) < 4.78 is 2.21. The van der Waals surface area contributed by atoms with Gasteiger partial charge in [-0.05, 0) is 0 Å². The Morgan fingerprint density at radius 2 is 1.68 bits per heavy atom. The first-order chi connectivity index (χ1) is 7.77. The number of halogens is 3. The summed E-state index contributed by atoms with van der Waals surface area (Å²) in [5.74, 6) is 0. The molecule has 2 rings (SSSR count). The van der Waals surface area contributed by atoms with Gasteiger partial charge in [0, 0.05) is 0 Å². The molecule has 0 radical (unpaired) electrons. The second kappa shape index (κ2) is 10.8. The summed E-state index contributed by atoms with van der Waals surface area (Å²) in [4.78, 5) is 2.34. The summed E-state index contributed by atoms with van der Waals surface area (Å²) in [6, 6.07) is 10.8. The van der Waals surface area contributed by atoms with Gasteiger partial charge in [-0.25, -0.2) is 0 Å². The van der Waals surface area contributed by atoms with Gasteiger partial charge >= 0.3 is 105 Å². The van der Waals surface area contributed by atoms with Gasteiger partial charge in [0.15, 0.2) is 0 Å². The third kappa shape index (κ3) is 6.40. The molecule has 1 aromatic carbocycles. The maximum Gasteiger partial charge on any atom is -1.00 e. The smallest absolute Gasteiger partial charge is 1.00 e. The van der Waals surface area contributed by atoms with Gasteiger partial charge in [0.25, 0.3) is 0 Å². The van der Waals surface area contributed by atoms with Crippen molar-refractivity contribution in [3.8, 4) is 0 Å². The Balaban J connectivity index is 0. The molecule has 0 amide bonds. The molecule has 0 saturated heterocycles. The molecule has 1 aliphatic rings. The van der Waals surface area contributed by atoms with Gasteiger partial charge in [0.05, 0.1) is 0 Å². The molecule has 0 bridgehead atoms. The van der Waals surface area contributed by atoms with Gasteiger partial charge in [-0.2, -0.15) is 0 Å². The first kappa shape index (κ1) is 21.4. The monoisotopic (exact) mass is 355 g/mol. The van der Waals surface area contributed by atoms with Crippen molar-refractivity contribution < 1.29 is 53.5 Å². The van der Waals surface area contributed by atoms with Crippen LogP contribution >= 0.6 is 0 Å². The molecule has 0 fully saturated rings. The Morgan fingerprint density at radius 1 is 1.05 bits per heavy atom. The quantitative estimate of drug-likeness (QED) is 0.520. The first-order valence-electron chi connectivity index (χ1n) is 5.55. The van der Waals surface area contributed by atoms with Gasteiger partial charge in [-0.3, -0.25) is 0 Å². The second-order valence-corrected chi connectivity index (χ2v) is 6.23. The number of allylic oxidation sites excluding steroid dienone is 4. The molecule has 5 heteroatoms. The van der Waals surface area contributed by atoms with E-state index in [1.54, 1.807) is 4.28 Å². The average molecular weight is 357 g/mol. The van der Waals surface area contributed by atoms with Crippen LogP contribution in [0.5, 0.6) is 0 Å². The van der Waals surface area contributed by atoms with E-state index < -0.39 is 0 Å². The van der Waals surface area contributed by atoms with Crippen molar-refractivity contribution in [2.75, 3.05) is 14.1 Å². The van der Waals surface area contributed by atoms with E-state index in [0.717, 1.165) is 6.42 Å². The van der Waals surface area contributed by atoms with Crippen LogP contribution in [0.15, 0.2) is 52.8 Å². The van der Waals surface area contributed by atoms with Crippen molar-refractivity contribution in [3.63, 3.8) is 0 Å². The van der Waals surface area contributed by atoms with Crippen LogP contribution in [0.2, 0.25) is 0 Å². The molecule has 0 spiro atoms. The zero-order chi connectivity index (χ0) is 11.4. The van der Waals surface area contributed by atoms with Gasteiger partial charge in [-0.1, -0.05) is 0 Å². The molecule has 0 N–H and O–H groups in total. The van der Waals surface area contributed by atoms with Crippen LogP contribution in [0.4, 0.5) is 0 Å². The minimum Gasteiger partial charge on any atom is -1.00 e. The number of nitrogens with zero attached hydrogens (tertiary/aromatic N) is 1. The normalized spacial score (nSPS) is 13.5. The van der Waals surface area contributed by atoms with Crippen molar-refractivity contribution in [1.82, 2.24) is 4.90 Å². The van der Waals surface area contributed by atoms with Crippen molar-refractivity contribution in [3.05, 3.63) is 58.4 Å². The van der Waals surface area contributed by atoms with E-state index in [1.165, 1.54) is 5.56 Å². The van der Waals surface area contributed by atoms with E-state index in [2.05, 4.69) is 67.6 Å². The number of benzene rings is 1. The topological polar surface area (TPSA) is 3.24 Å². The summed E-state index contributed by atoms with van der Waals surface area (Å²) >= 11 is 0.219. The van der Waals surface area contributed by atoms with Crippen LogP contribution in [-0.4, -0.2) is 19.0 Å². The second-order valence-electron chi connectivity index (χ2n) is 4.17. The number of hydrogen-bond acceptors (Lipinski definition) is 1. The largest absolute Gasteiger partial charge is 1.00 e. The average Bonchev–Trinajstić information content (AvgIpc) is 2.79. The van der Waals surface area contributed by atoms with Crippen molar-refractivity contribution >= 4 is 0 Å². The molecular formula is C14H17Cl3NV. The Morgan fingerprint density at radius 3 is 2.16 bits per heavy atom. The predicted octanol–water partition coefficient (Wildman–Crippen LogP) is -5.81. The number of hydrogen-bond donors (Lipinski definition) is 0. The minimum absolute atomic E-state index is 0. The Hall–Kier alpha value is 0.114. The third-order valence-electron chi connectivity index (χ3n) is 2.63. The van der Waals surface area contributed by atoms with E-state index in [-0.39, 0.29) is 53.5 Å². The van der Waals surface area contributed by atoms with Crippen LogP contribution in [0.25, 0.3) is 0 Å². The molecule has 1 nitrogen and oxygen atoms in total. The summed E-state index contributed by atoms with van der Waals surface area (Å²) in [5.41, 5.74) is 1.44.